The second-order valence-electron chi connectivity index (χ2n) is 7.82. The predicted octanol–water partition coefficient (Wildman–Crippen LogP) is 4.92. The van der Waals surface area contributed by atoms with Crippen molar-refractivity contribution in [1.29, 1.82) is 0 Å². The zero-order chi connectivity index (χ0) is 22.5. The number of rotatable bonds is 6. The number of nitrogens with two attached hydrogens (primary N) is 1. The van der Waals surface area contributed by atoms with Crippen LogP contribution in [0.5, 0.6) is 5.75 Å². The van der Waals surface area contributed by atoms with Crippen LogP contribution >= 0.6 is 12.4 Å². The highest BCUT2D eigenvalue weighted by molar-refractivity contribution is 6.05. The molecule has 6 nitrogen and oxygen atoms in total. The molecule has 0 saturated carbocycles. The van der Waals surface area contributed by atoms with E-state index in [1.165, 1.54) is 4.90 Å². The number of anilines is 1. The van der Waals surface area contributed by atoms with E-state index in [0.717, 1.165) is 16.7 Å². The molecule has 0 aromatic heterocycles. The standard InChI is InChI=1S/C26H26N2O4.ClH/c1-28(26(30)32-17-19-10-6-3-7-11-19)24-20-12-14-22(27)25(29)21(20)13-15-23(24)31-16-18-8-4-2-5-9-18;/h2-11,13,15,22H,12,14,16-17,27H2,1H3;1H. The molecule has 7 heteroatoms. The van der Waals surface area contributed by atoms with Crippen LogP contribution in [0.3, 0.4) is 0 Å². The first-order valence-corrected chi connectivity index (χ1v) is 10.6. The molecular weight excluding hydrogens is 440 g/mol. The van der Waals surface area contributed by atoms with Crippen LogP contribution in [0.1, 0.15) is 33.5 Å². The average molecular weight is 467 g/mol. The molecule has 1 aliphatic rings. The summed E-state index contributed by atoms with van der Waals surface area (Å²) in [6.07, 6.45) is 0.582. The third-order valence-electron chi connectivity index (χ3n) is 5.60. The first kappa shape index (κ1) is 24.3. The molecule has 0 bridgehead atoms. The Kier molecular flexibility index (Phi) is 8.09. The molecule has 33 heavy (non-hydrogen) atoms. The van der Waals surface area contributed by atoms with Crippen molar-refractivity contribution < 1.29 is 19.1 Å². The van der Waals surface area contributed by atoms with Crippen LogP contribution in [0.4, 0.5) is 10.5 Å². The molecule has 0 spiro atoms. The van der Waals surface area contributed by atoms with Crippen molar-refractivity contribution in [3.05, 3.63) is 95.1 Å². The van der Waals surface area contributed by atoms with Gasteiger partial charge in [0.15, 0.2) is 5.78 Å². The summed E-state index contributed by atoms with van der Waals surface area (Å²) in [5.41, 5.74) is 9.73. The fraction of sp³-hybridized carbons (Fsp3) is 0.231. The van der Waals surface area contributed by atoms with Gasteiger partial charge in [-0.15, -0.1) is 12.4 Å². The maximum absolute atomic E-state index is 12.9. The Hall–Kier alpha value is -3.35. The fourth-order valence-corrected chi connectivity index (χ4v) is 3.86. The van der Waals surface area contributed by atoms with Gasteiger partial charge in [0.2, 0.25) is 0 Å². The van der Waals surface area contributed by atoms with E-state index in [2.05, 4.69) is 0 Å². The van der Waals surface area contributed by atoms with Gasteiger partial charge >= 0.3 is 6.09 Å². The SMILES string of the molecule is CN(C(=O)OCc1ccccc1)c1c(OCc2ccccc2)ccc2c1CCC(N)C2=O.Cl. The zero-order valence-electron chi connectivity index (χ0n) is 18.4. The molecule has 3 aromatic carbocycles. The summed E-state index contributed by atoms with van der Waals surface area (Å²) in [5.74, 6) is 0.406. The summed E-state index contributed by atoms with van der Waals surface area (Å²) in [6, 6.07) is 22.2. The third kappa shape index (κ3) is 5.53. The minimum atomic E-state index is -0.526. The fourth-order valence-electron chi connectivity index (χ4n) is 3.86. The summed E-state index contributed by atoms with van der Waals surface area (Å²) >= 11 is 0. The summed E-state index contributed by atoms with van der Waals surface area (Å²) in [4.78, 5) is 27.0. The number of carbonyl (C=O) groups is 2. The summed E-state index contributed by atoms with van der Waals surface area (Å²) in [5, 5.41) is 0. The van der Waals surface area contributed by atoms with Crippen molar-refractivity contribution in [2.24, 2.45) is 5.73 Å². The average Bonchev–Trinajstić information content (AvgIpc) is 2.84. The Morgan fingerprint density at radius 2 is 1.58 bits per heavy atom. The minimum Gasteiger partial charge on any atom is -0.487 e. The second-order valence-corrected chi connectivity index (χ2v) is 7.82. The summed E-state index contributed by atoms with van der Waals surface area (Å²) in [6.45, 7) is 0.496. The Morgan fingerprint density at radius 3 is 2.21 bits per heavy atom. The normalized spacial score (nSPS) is 14.6. The number of ether oxygens (including phenoxy) is 2. The van der Waals surface area contributed by atoms with Gasteiger partial charge in [-0.2, -0.15) is 0 Å². The Balaban J connectivity index is 0.00000306. The molecule has 3 aromatic rings. The topological polar surface area (TPSA) is 81.9 Å². The Morgan fingerprint density at radius 1 is 0.970 bits per heavy atom. The quantitative estimate of drug-likeness (QED) is 0.557. The Bertz CT molecular complexity index is 1110. The van der Waals surface area contributed by atoms with Crippen LogP contribution < -0.4 is 15.4 Å². The number of hydrogen-bond acceptors (Lipinski definition) is 5. The van der Waals surface area contributed by atoms with Crippen molar-refractivity contribution in [2.45, 2.75) is 32.1 Å². The molecule has 0 aliphatic heterocycles. The van der Waals surface area contributed by atoms with Crippen molar-refractivity contribution in [3.8, 4) is 5.75 Å². The van der Waals surface area contributed by atoms with Crippen LogP contribution in [0.25, 0.3) is 0 Å². The highest BCUT2D eigenvalue weighted by Crippen LogP contribution is 2.38. The van der Waals surface area contributed by atoms with E-state index in [4.69, 9.17) is 15.2 Å². The summed E-state index contributed by atoms with van der Waals surface area (Å²) in [7, 11) is 1.64. The van der Waals surface area contributed by atoms with Gasteiger partial charge in [0.25, 0.3) is 0 Å². The first-order chi connectivity index (χ1) is 15.5. The zero-order valence-corrected chi connectivity index (χ0v) is 19.2. The molecule has 0 saturated heterocycles. The van der Waals surface area contributed by atoms with Gasteiger partial charge in [-0.1, -0.05) is 60.7 Å². The van der Waals surface area contributed by atoms with E-state index in [1.54, 1.807) is 19.2 Å². The number of carbonyl (C=O) groups excluding carboxylic acids is 2. The van der Waals surface area contributed by atoms with E-state index in [1.807, 2.05) is 60.7 Å². The second kappa shape index (κ2) is 11.0. The highest BCUT2D eigenvalue weighted by Gasteiger charge is 2.31. The lowest BCUT2D eigenvalue weighted by Gasteiger charge is -2.28. The molecule has 0 radical (unpaired) electrons. The van der Waals surface area contributed by atoms with Crippen LogP contribution in [0.2, 0.25) is 0 Å². The van der Waals surface area contributed by atoms with Crippen LogP contribution in [-0.2, 0) is 24.4 Å². The van der Waals surface area contributed by atoms with E-state index < -0.39 is 12.1 Å². The number of benzene rings is 3. The Labute approximate surface area is 199 Å². The van der Waals surface area contributed by atoms with Crippen LogP contribution in [-0.4, -0.2) is 25.0 Å². The van der Waals surface area contributed by atoms with E-state index >= 15 is 0 Å². The minimum absolute atomic E-state index is 0. The number of amides is 1. The molecule has 0 heterocycles. The first-order valence-electron chi connectivity index (χ1n) is 10.6. The number of hydrogen-bond donors (Lipinski definition) is 1. The van der Waals surface area contributed by atoms with E-state index in [0.29, 0.717) is 36.4 Å². The molecule has 1 atom stereocenters. The van der Waals surface area contributed by atoms with Gasteiger partial charge in [0, 0.05) is 12.6 Å². The van der Waals surface area contributed by atoms with Gasteiger partial charge in [0.05, 0.1) is 11.7 Å². The van der Waals surface area contributed by atoms with Gasteiger partial charge in [0.1, 0.15) is 19.0 Å². The van der Waals surface area contributed by atoms with E-state index in [9.17, 15) is 9.59 Å². The number of nitrogens with zero attached hydrogens (tertiary/aromatic N) is 1. The van der Waals surface area contributed by atoms with Gasteiger partial charge in [-0.3, -0.25) is 9.69 Å². The lowest BCUT2D eigenvalue weighted by atomic mass is 9.86. The number of fused-ring (bicyclic) bond motifs is 1. The molecule has 0 fully saturated rings. The maximum atomic E-state index is 12.9. The largest absolute Gasteiger partial charge is 0.487 e. The lowest BCUT2D eigenvalue weighted by molar-refractivity contribution is 0.0948. The predicted molar refractivity (Wildman–Crippen MR) is 130 cm³/mol. The van der Waals surface area contributed by atoms with Crippen molar-refractivity contribution in [3.63, 3.8) is 0 Å². The van der Waals surface area contributed by atoms with Crippen LogP contribution in [0.15, 0.2) is 72.8 Å². The molecule has 172 valence electrons. The molecule has 4 rings (SSSR count). The molecular formula is C26H27ClN2O4. The maximum Gasteiger partial charge on any atom is 0.414 e. The molecule has 1 aliphatic carbocycles. The third-order valence-corrected chi connectivity index (χ3v) is 5.60. The van der Waals surface area contributed by atoms with E-state index in [-0.39, 0.29) is 24.8 Å². The summed E-state index contributed by atoms with van der Waals surface area (Å²) < 4.78 is 11.6. The van der Waals surface area contributed by atoms with Crippen molar-refractivity contribution >= 4 is 30.0 Å². The highest BCUT2D eigenvalue weighted by atomic mass is 35.5. The van der Waals surface area contributed by atoms with Crippen molar-refractivity contribution in [2.75, 3.05) is 11.9 Å². The van der Waals surface area contributed by atoms with Gasteiger partial charge in [-0.25, -0.2) is 4.79 Å². The van der Waals surface area contributed by atoms with Crippen molar-refractivity contribution in [1.82, 2.24) is 0 Å². The molecule has 1 amide bonds. The number of ketones is 1. The monoisotopic (exact) mass is 466 g/mol. The van der Waals surface area contributed by atoms with Gasteiger partial charge in [-0.05, 0) is 41.7 Å². The smallest absolute Gasteiger partial charge is 0.414 e. The molecule has 2 N–H and O–H groups in total. The van der Waals surface area contributed by atoms with Crippen LogP contribution in [0, 0.1) is 0 Å². The molecule has 1 unspecified atom stereocenters. The number of halogens is 1. The lowest BCUT2D eigenvalue weighted by Crippen LogP contribution is -2.37. The van der Waals surface area contributed by atoms with Gasteiger partial charge < -0.3 is 15.2 Å². The number of Topliss-reactive ketones (excluding diaryl/α,β-unsaturated/α-hetero) is 1.